The van der Waals surface area contributed by atoms with Crippen LogP contribution in [0.5, 0.6) is 0 Å². The smallest absolute Gasteiger partial charge is 0.159 e. The van der Waals surface area contributed by atoms with Crippen molar-refractivity contribution >= 4 is 17.2 Å². The van der Waals surface area contributed by atoms with Crippen molar-refractivity contribution in [2.24, 2.45) is 0 Å². The Kier molecular flexibility index (Phi) is 2.82. The molecule has 1 N–H and O–H groups in total. The molecule has 0 fully saturated rings. The highest BCUT2D eigenvalue weighted by molar-refractivity contribution is 5.60. The molecule has 0 saturated heterocycles. The molecule has 0 unspecified atom stereocenters. The molecular weight excluding hydrogens is 283 g/mol. The molecule has 0 spiro atoms. The zero-order valence-electron chi connectivity index (χ0n) is 11.4. The topological polar surface area (TPSA) is 60.0 Å². The van der Waals surface area contributed by atoms with Gasteiger partial charge in [-0.3, -0.25) is 4.57 Å². The van der Waals surface area contributed by atoms with Crippen LogP contribution in [0.15, 0.2) is 61.3 Å². The molecule has 0 radical (unpaired) electrons. The average Bonchev–Trinajstić information content (AvgIpc) is 3.19. The zero-order valence-corrected chi connectivity index (χ0v) is 11.4. The second-order valence-corrected chi connectivity index (χ2v) is 4.68. The average molecular weight is 294 g/mol. The van der Waals surface area contributed by atoms with Gasteiger partial charge in [-0.05, 0) is 24.3 Å². The summed E-state index contributed by atoms with van der Waals surface area (Å²) in [5.41, 5.74) is 1.04. The molecule has 0 atom stereocenters. The van der Waals surface area contributed by atoms with Gasteiger partial charge in [0.2, 0.25) is 0 Å². The van der Waals surface area contributed by atoms with Crippen molar-refractivity contribution in [3.8, 4) is 5.82 Å². The number of para-hydroxylation sites is 1. The first-order valence-corrected chi connectivity index (χ1v) is 6.66. The maximum Gasteiger partial charge on any atom is 0.159 e. The molecular formula is C15H11FN6. The van der Waals surface area contributed by atoms with E-state index in [9.17, 15) is 4.39 Å². The number of nitrogens with zero attached hydrogens (tertiary/aromatic N) is 5. The third kappa shape index (κ3) is 2.08. The maximum atomic E-state index is 13.8. The zero-order chi connectivity index (χ0) is 14.9. The molecule has 4 aromatic rings. The first-order chi connectivity index (χ1) is 10.8. The summed E-state index contributed by atoms with van der Waals surface area (Å²) in [6.45, 7) is 0. The van der Waals surface area contributed by atoms with E-state index in [-0.39, 0.29) is 5.82 Å². The Morgan fingerprint density at radius 1 is 1.09 bits per heavy atom. The van der Waals surface area contributed by atoms with Gasteiger partial charge < -0.3 is 5.32 Å². The van der Waals surface area contributed by atoms with Gasteiger partial charge in [-0.25, -0.2) is 14.4 Å². The predicted octanol–water partition coefficient (Wildman–Crippen LogP) is 2.80. The summed E-state index contributed by atoms with van der Waals surface area (Å²) < 4.78 is 17.2. The number of halogens is 1. The van der Waals surface area contributed by atoms with E-state index in [0.717, 1.165) is 0 Å². The number of rotatable bonds is 3. The maximum absolute atomic E-state index is 13.8. The molecule has 0 bridgehead atoms. The van der Waals surface area contributed by atoms with Gasteiger partial charge in [-0.2, -0.15) is 4.52 Å². The number of fused-ring (bicyclic) bond motifs is 1. The van der Waals surface area contributed by atoms with Crippen LogP contribution < -0.4 is 5.32 Å². The van der Waals surface area contributed by atoms with Gasteiger partial charge in [0.15, 0.2) is 17.3 Å². The Morgan fingerprint density at radius 2 is 2.00 bits per heavy atom. The van der Waals surface area contributed by atoms with E-state index in [4.69, 9.17) is 0 Å². The minimum absolute atomic E-state index is 0.330. The third-order valence-corrected chi connectivity index (χ3v) is 3.25. The highest BCUT2D eigenvalue weighted by Crippen LogP contribution is 2.20. The van der Waals surface area contributed by atoms with Gasteiger partial charge in [0.25, 0.3) is 0 Å². The fourth-order valence-electron chi connectivity index (χ4n) is 2.18. The van der Waals surface area contributed by atoms with Crippen LogP contribution in [-0.2, 0) is 0 Å². The van der Waals surface area contributed by atoms with Crippen molar-refractivity contribution in [2.45, 2.75) is 0 Å². The van der Waals surface area contributed by atoms with E-state index in [2.05, 4.69) is 20.4 Å². The van der Waals surface area contributed by atoms with E-state index in [1.165, 1.54) is 6.07 Å². The summed E-state index contributed by atoms with van der Waals surface area (Å²) in [6, 6.07) is 10.2. The van der Waals surface area contributed by atoms with Crippen molar-refractivity contribution < 1.29 is 4.39 Å². The number of hydrogen-bond acceptors (Lipinski definition) is 4. The number of hydrogen-bond donors (Lipinski definition) is 1. The normalized spacial score (nSPS) is 11.0. The SMILES string of the molecule is Fc1ccccc1Nc1cnc2ccc(-n3ccnc3)nn12. The van der Waals surface area contributed by atoms with Crippen LogP contribution in [-0.4, -0.2) is 24.1 Å². The standard InChI is InChI=1S/C15H11FN6/c16-11-3-1-2-4-12(11)19-15-9-18-13-5-6-14(20-22(13)15)21-8-7-17-10-21/h1-10,19H. The summed E-state index contributed by atoms with van der Waals surface area (Å²) in [7, 11) is 0. The largest absolute Gasteiger partial charge is 0.336 e. The monoisotopic (exact) mass is 294 g/mol. The van der Waals surface area contributed by atoms with E-state index in [1.807, 2.05) is 12.1 Å². The lowest BCUT2D eigenvalue weighted by Gasteiger charge is -2.07. The fourth-order valence-corrected chi connectivity index (χ4v) is 2.18. The van der Waals surface area contributed by atoms with Gasteiger partial charge in [0.05, 0.1) is 11.9 Å². The molecule has 0 aliphatic rings. The molecule has 6 nitrogen and oxygen atoms in total. The summed E-state index contributed by atoms with van der Waals surface area (Å²) in [5, 5.41) is 7.50. The van der Waals surface area contributed by atoms with Gasteiger partial charge >= 0.3 is 0 Å². The second kappa shape index (κ2) is 4.96. The lowest BCUT2D eigenvalue weighted by atomic mass is 10.3. The Bertz CT molecular complexity index is 928. The number of imidazole rings is 2. The molecule has 3 heterocycles. The van der Waals surface area contributed by atoms with E-state index in [0.29, 0.717) is 23.0 Å². The molecule has 0 amide bonds. The van der Waals surface area contributed by atoms with Gasteiger partial charge in [-0.15, -0.1) is 5.10 Å². The number of benzene rings is 1. The van der Waals surface area contributed by atoms with Crippen molar-refractivity contribution in [1.29, 1.82) is 0 Å². The third-order valence-electron chi connectivity index (χ3n) is 3.25. The fraction of sp³-hybridized carbons (Fsp3) is 0. The second-order valence-electron chi connectivity index (χ2n) is 4.68. The molecule has 1 aromatic carbocycles. The van der Waals surface area contributed by atoms with Crippen molar-refractivity contribution in [2.75, 3.05) is 5.32 Å². The highest BCUT2D eigenvalue weighted by atomic mass is 19.1. The lowest BCUT2D eigenvalue weighted by Crippen LogP contribution is -2.04. The van der Waals surface area contributed by atoms with Crippen LogP contribution in [0.25, 0.3) is 11.5 Å². The minimum Gasteiger partial charge on any atom is -0.336 e. The summed E-state index contributed by atoms with van der Waals surface area (Å²) in [4.78, 5) is 8.26. The Balaban J connectivity index is 1.78. The quantitative estimate of drug-likeness (QED) is 0.631. The van der Waals surface area contributed by atoms with Crippen LogP contribution in [0.1, 0.15) is 0 Å². The molecule has 7 heteroatoms. The van der Waals surface area contributed by atoms with Gasteiger partial charge in [0.1, 0.15) is 12.1 Å². The van der Waals surface area contributed by atoms with Gasteiger partial charge in [0, 0.05) is 12.4 Å². The Hall–Kier alpha value is -3.22. The first kappa shape index (κ1) is 12.5. The summed E-state index contributed by atoms with van der Waals surface area (Å²) in [5.74, 6) is 0.949. The molecule has 108 valence electrons. The first-order valence-electron chi connectivity index (χ1n) is 6.66. The van der Waals surface area contributed by atoms with Crippen molar-refractivity contribution in [3.63, 3.8) is 0 Å². The van der Waals surface area contributed by atoms with Crippen LogP contribution in [0.2, 0.25) is 0 Å². The van der Waals surface area contributed by atoms with Gasteiger partial charge in [-0.1, -0.05) is 12.1 Å². The summed E-state index contributed by atoms with van der Waals surface area (Å²) >= 11 is 0. The molecule has 4 rings (SSSR count). The molecule has 3 aromatic heterocycles. The van der Waals surface area contributed by atoms with Crippen LogP contribution in [0, 0.1) is 5.82 Å². The van der Waals surface area contributed by atoms with Crippen LogP contribution >= 0.6 is 0 Å². The Morgan fingerprint density at radius 3 is 2.82 bits per heavy atom. The Labute approximate surface area is 124 Å². The molecule has 0 saturated carbocycles. The van der Waals surface area contributed by atoms with E-state index < -0.39 is 0 Å². The van der Waals surface area contributed by atoms with Crippen LogP contribution in [0.3, 0.4) is 0 Å². The predicted molar refractivity (Wildman–Crippen MR) is 79.8 cm³/mol. The lowest BCUT2D eigenvalue weighted by molar-refractivity contribution is 0.631. The highest BCUT2D eigenvalue weighted by Gasteiger charge is 2.08. The number of aromatic nitrogens is 5. The molecule has 0 aliphatic heterocycles. The molecule has 22 heavy (non-hydrogen) atoms. The number of anilines is 2. The van der Waals surface area contributed by atoms with E-state index in [1.54, 1.807) is 52.2 Å². The number of nitrogens with one attached hydrogen (secondary N) is 1. The minimum atomic E-state index is -0.330. The summed E-state index contributed by atoms with van der Waals surface area (Å²) in [6.07, 6.45) is 6.76. The van der Waals surface area contributed by atoms with Crippen molar-refractivity contribution in [3.05, 3.63) is 67.1 Å². The van der Waals surface area contributed by atoms with Crippen LogP contribution in [0.4, 0.5) is 15.9 Å². The van der Waals surface area contributed by atoms with E-state index >= 15 is 0 Å². The van der Waals surface area contributed by atoms with Crippen molar-refractivity contribution in [1.82, 2.24) is 24.1 Å². The molecule has 0 aliphatic carbocycles.